The van der Waals surface area contributed by atoms with Crippen LogP contribution in [0.25, 0.3) is 0 Å². The number of aliphatic hydroxyl groups is 1. The largest absolute Gasteiger partial charge is 0.394 e. The van der Waals surface area contributed by atoms with E-state index in [1.54, 1.807) is 4.90 Å². The van der Waals surface area contributed by atoms with Gasteiger partial charge in [0.05, 0.1) is 21.3 Å². The molecule has 1 amide bonds. The van der Waals surface area contributed by atoms with Gasteiger partial charge in [-0.2, -0.15) is 0 Å². The summed E-state index contributed by atoms with van der Waals surface area (Å²) in [5.41, 5.74) is 0. The smallest absolute Gasteiger partial charge is 0.264 e. The molecule has 1 fully saturated rings. The highest BCUT2D eigenvalue weighted by molar-refractivity contribution is 9.11. The maximum Gasteiger partial charge on any atom is 0.264 e. The van der Waals surface area contributed by atoms with Crippen LogP contribution in [0, 0.1) is 0 Å². The Morgan fingerprint density at radius 1 is 1.67 bits per heavy atom. The Labute approximate surface area is 101 Å². The van der Waals surface area contributed by atoms with E-state index in [2.05, 4.69) is 15.9 Å². The van der Waals surface area contributed by atoms with Gasteiger partial charge < -0.3 is 10.0 Å². The molecule has 1 atom stereocenters. The monoisotopic (exact) mass is 289 g/mol. The summed E-state index contributed by atoms with van der Waals surface area (Å²) in [6.45, 7) is 0.831. The summed E-state index contributed by atoms with van der Waals surface area (Å²) >= 11 is 4.78. The van der Waals surface area contributed by atoms with Gasteiger partial charge in [0.1, 0.15) is 0 Å². The normalized spacial score (nSPS) is 20.9. The maximum absolute atomic E-state index is 12.0. The van der Waals surface area contributed by atoms with Crippen molar-refractivity contribution in [2.24, 2.45) is 0 Å². The molecule has 5 heteroatoms. The van der Waals surface area contributed by atoms with Gasteiger partial charge in [-0.3, -0.25) is 4.79 Å². The summed E-state index contributed by atoms with van der Waals surface area (Å²) in [5, 5.41) is 9.14. The summed E-state index contributed by atoms with van der Waals surface area (Å²) in [5.74, 6) is 0.0438. The molecule has 1 aromatic heterocycles. The molecule has 1 aliphatic rings. The fourth-order valence-electron chi connectivity index (χ4n) is 1.86. The third kappa shape index (κ3) is 2.24. The van der Waals surface area contributed by atoms with Crippen molar-refractivity contribution in [3.63, 3.8) is 0 Å². The van der Waals surface area contributed by atoms with Gasteiger partial charge in [0.15, 0.2) is 0 Å². The fourth-order valence-corrected chi connectivity index (χ4v) is 3.21. The minimum Gasteiger partial charge on any atom is -0.394 e. The second-order valence-corrected chi connectivity index (χ2v) is 6.04. The molecule has 0 bridgehead atoms. The lowest BCUT2D eigenvalue weighted by molar-refractivity contribution is 0.0682. The van der Waals surface area contributed by atoms with Crippen LogP contribution in [0.1, 0.15) is 22.5 Å². The Kier molecular flexibility index (Phi) is 3.43. The van der Waals surface area contributed by atoms with Crippen LogP contribution in [-0.2, 0) is 0 Å². The van der Waals surface area contributed by atoms with Crippen LogP contribution in [0.2, 0.25) is 0 Å². The Hall–Kier alpha value is -0.390. The topological polar surface area (TPSA) is 40.5 Å². The molecule has 1 aliphatic heterocycles. The zero-order valence-electron chi connectivity index (χ0n) is 8.15. The Bertz CT molecular complexity index is 366. The highest BCUT2D eigenvalue weighted by Crippen LogP contribution is 2.26. The molecular weight excluding hydrogens is 278 g/mol. The summed E-state index contributed by atoms with van der Waals surface area (Å²) in [6, 6.07) is 3.71. The summed E-state index contributed by atoms with van der Waals surface area (Å²) in [4.78, 5) is 14.5. The molecule has 15 heavy (non-hydrogen) atoms. The number of nitrogens with zero attached hydrogens (tertiary/aromatic N) is 1. The summed E-state index contributed by atoms with van der Waals surface area (Å²) in [7, 11) is 0. The molecule has 0 spiro atoms. The van der Waals surface area contributed by atoms with E-state index in [1.807, 2.05) is 12.1 Å². The van der Waals surface area contributed by atoms with E-state index in [0.29, 0.717) is 0 Å². The summed E-state index contributed by atoms with van der Waals surface area (Å²) < 4.78 is 0.964. The molecule has 0 aromatic carbocycles. The number of rotatable bonds is 2. The zero-order valence-corrected chi connectivity index (χ0v) is 10.6. The third-order valence-corrected chi connectivity index (χ3v) is 4.24. The lowest BCUT2D eigenvalue weighted by atomic mass is 10.2. The number of thiophene rings is 1. The molecule has 82 valence electrons. The van der Waals surface area contributed by atoms with Crippen molar-refractivity contribution in [1.29, 1.82) is 0 Å². The minimum atomic E-state index is 0.0124. The van der Waals surface area contributed by atoms with Gasteiger partial charge in [-0.05, 0) is 40.9 Å². The second-order valence-electron chi connectivity index (χ2n) is 3.58. The van der Waals surface area contributed by atoms with Gasteiger partial charge in [0.2, 0.25) is 0 Å². The van der Waals surface area contributed by atoms with Crippen LogP contribution >= 0.6 is 27.3 Å². The van der Waals surface area contributed by atoms with Crippen LogP contribution < -0.4 is 0 Å². The van der Waals surface area contributed by atoms with Crippen molar-refractivity contribution >= 4 is 33.2 Å². The molecule has 1 N–H and O–H groups in total. The molecule has 0 unspecified atom stereocenters. The van der Waals surface area contributed by atoms with Crippen molar-refractivity contribution in [2.45, 2.75) is 18.9 Å². The number of hydrogen-bond acceptors (Lipinski definition) is 3. The number of aliphatic hydroxyl groups excluding tert-OH is 1. The van der Waals surface area contributed by atoms with Crippen molar-refractivity contribution in [1.82, 2.24) is 4.90 Å². The molecule has 0 radical (unpaired) electrons. The third-order valence-electron chi connectivity index (χ3n) is 2.63. The lowest BCUT2D eigenvalue weighted by Gasteiger charge is -2.22. The number of amides is 1. The average molecular weight is 290 g/mol. The molecular formula is C10H12BrNO2S. The highest BCUT2D eigenvalue weighted by atomic mass is 79.9. The number of carbonyl (C=O) groups excluding carboxylic acids is 1. The van der Waals surface area contributed by atoms with Crippen molar-refractivity contribution < 1.29 is 9.90 Å². The van der Waals surface area contributed by atoms with Gasteiger partial charge in [-0.25, -0.2) is 0 Å². The minimum absolute atomic E-state index is 0.0124. The number of likely N-dealkylation sites (tertiary alicyclic amines) is 1. The molecule has 0 saturated carbocycles. The maximum atomic E-state index is 12.0. The standard InChI is InChI=1S/C10H12BrNO2S/c11-9-4-3-8(15-9)10(14)12-5-1-2-7(12)6-13/h3-4,7,13H,1-2,5-6H2/t7-/m0/s1. The van der Waals surface area contributed by atoms with Crippen molar-refractivity contribution in [3.05, 3.63) is 20.8 Å². The van der Waals surface area contributed by atoms with E-state index < -0.39 is 0 Å². The first kappa shape index (κ1) is 11.1. The average Bonchev–Trinajstić information content (AvgIpc) is 2.84. The van der Waals surface area contributed by atoms with Gasteiger partial charge in [0.25, 0.3) is 5.91 Å². The zero-order chi connectivity index (χ0) is 10.8. The Morgan fingerprint density at radius 2 is 2.47 bits per heavy atom. The number of hydrogen-bond donors (Lipinski definition) is 1. The molecule has 1 saturated heterocycles. The van der Waals surface area contributed by atoms with Crippen LogP contribution in [0.4, 0.5) is 0 Å². The lowest BCUT2D eigenvalue weighted by Crippen LogP contribution is -2.37. The van der Waals surface area contributed by atoms with E-state index in [9.17, 15) is 4.79 Å². The van der Waals surface area contributed by atoms with E-state index in [1.165, 1.54) is 11.3 Å². The van der Waals surface area contributed by atoms with Crippen LogP contribution in [-0.4, -0.2) is 35.1 Å². The van der Waals surface area contributed by atoms with E-state index in [0.717, 1.165) is 28.0 Å². The van der Waals surface area contributed by atoms with E-state index >= 15 is 0 Å². The SMILES string of the molecule is O=C(c1ccc(Br)s1)N1CCC[C@H]1CO. The van der Waals surface area contributed by atoms with Crippen molar-refractivity contribution in [2.75, 3.05) is 13.2 Å². The summed E-state index contributed by atoms with van der Waals surface area (Å²) in [6.07, 6.45) is 1.90. The molecule has 1 aromatic rings. The van der Waals surface area contributed by atoms with Crippen molar-refractivity contribution in [3.8, 4) is 0 Å². The first-order valence-electron chi connectivity index (χ1n) is 4.89. The van der Waals surface area contributed by atoms with E-state index in [-0.39, 0.29) is 18.6 Å². The Balaban J connectivity index is 2.13. The van der Waals surface area contributed by atoms with Crippen LogP contribution in [0.5, 0.6) is 0 Å². The molecule has 2 rings (SSSR count). The van der Waals surface area contributed by atoms with Crippen LogP contribution in [0.15, 0.2) is 15.9 Å². The predicted molar refractivity (Wildman–Crippen MR) is 63.2 cm³/mol. The number of carbonyl (C=O) groups is 1. The van der Waals surface area contributed by atoms with Gasteiger partial charge in [-0.1, -0.05) is 0 Å². The first-order valence-corrected chi connectivity index (χ1v) is 6.50. The van der Waals surface area contributed by atoms with Gasteiger partial charge in [-0.15, -0.1) is 11.3 Å². The molecule has 2 heterocycles. The highest BCUT2D eigenvalue weighted by Gasteiger charge is 2.29. The molecule has 3 nitrogen and oxygen atoms in total. The Morgan fingerprint density at radius 3 is 3.07 bits per heavy atom. The van der Waals surface area contributed by atoms with Gasteiger partial charge >= 0.3 is 0 Å². The fraction of sp³-hybridized carbons (Fsp3) is 0.500. The first-order chi connectivity index (χ1) is 7.22. The van der Waals surface area contributed by atoms with E-state index in [4.69, 9.17) is 5.11 Å². The number of halogens is 1. The van der Waals surface area contributed by atoms with Gasteiger partial charge in [0, 0.05) is 6.54 Å². The predicted octanol–water partition coefficient (Wildman–Crippen LogP) is 2.11. The second kappa shape index (κ2) is 4.63. The quantitative estimate of drug-likeness (QED) is 0.906. The molecule has 0 aliphatic carbocycles. The van der Waals surface area contributed by atoms with Crippen LogP contribution in [0.3, 0.4) is 0 Å².